The van der Waals surface area contributed by atoms with Crippen molar-refractivity contribution < 1.29 is 4.74 Å². The lowest BCUT2D eigenvalue weighted by atomic mass is 10.1. The summed E-state index contributed by atoms with van der Waals surface area (Å²) in [6, 6.07) is 0.285. The summed E-state index contributed by atoms with van der Waals surface area (Å²) in [4.78, 5) is 0. The van der Waals surface area contributed by atoms with E-state index in [-0.39, 0.29) is 6.04 Å². The molecule has 78 valence electrons. The number of rotatable bonds is 7. The number of hydrogen-bond donors (Lipinski definition) is 2. The molecule has 1 rings (SSSR count). The van der Waals surface area contributed by atoms with E-state index in [0.717, 1.165) is 26.0 Å². The molecule has 3 nitrogen and oxygen atoms in total. The van der Waals surface area contributed by atoms with Crippen molar-refractivity contribution in [2.24, 2.45) is 5.73 Å². The first-order chi connectivity index (χ1) is 6.16. The number of ether oxygens (including phenoxy) is 1. The highest BCUT2D eigenvalue weighted by Gasteiger charge is 2.36. The van der Waals surface area contributed by atoms with Gasteiger partial charge in [-0.25, -0.2) is 0 Å². The molecule has 0 aliphatic heterocycles. The Morgan fingerprint density at radius 1 is 1.54 bits per heavy atom. The molecule has 0 bridgehead atoms. The lowest BCUT2D eigenvalue weighted by Gasteiger charge is -2.16. The normalized spacial score (nSPS) is 21.5. The Balaban J connectivity index is 1.94. The molecule has 1 saturated carbocycles. The van der Waals surface area contributed by atoms with Gasteiger partial charge in [-0.2, -0.15) is 0 Å². The van der Waals surface area contributed by atoms with Crippen LogP contribution in [0.25, 0.3) is 0 Å². The van der Waals surface area contributed by atoms with E-state index in [1.807, 2.05) is 0 Å². The lowest BCUT2D eigenvalue weighted by Crippen LogP contribution is -2.39. The number of methoxy groups -OCH3 is 1. The number of nitrogens with two attached hydrogens (primary N) is 1. The Labute approximate surface area is 81.0 Å². The van der Waals surface area contributed by atoms with Crippen LogP contribution in [0.15, 0.2) is 0 Å². The topological polar surface area (TPSA) is 47.3 Å². The van der Waals surface area contributed by atoms with Gasteiger partial charge in [-0.05, 0) is 32.6 Å². The third kappa shape index (κ3) is 4.60. The van der Waals surface area contributed by atoms with Gasteiger partial charge in [-0.3, -0.25) is 0 Å². The third-order valence-corrected chi connectivity index (χ3v) is 2.71. The Kier molecular flexibility index (Phi) is 4.16. The van der Waals surface area contributed by atoms with Gasteiger partial charge in [0.25, 0.3) is 0 Å². The van der Waals surface area contributed by atoms with E-state index < -0.39 is 0 Å². The van der Waals surface area contributed by atoms with Crippen LogP contribution >= 0.6 is 0 Å². The second-order valence-corrected chi connectivity index (χ2v) is 4.34. The molecule has 1 aliphatic carbocycles. The first-order valence-electron chi connectivity index (χ1n) is 5.16. The van der Waals surface area contributed by atoms with Crippen LogP contribution in [0.4, 0.5) is 0 Å². The molecular formula is C10H22N2O. The van der Waals surface area contributed by atoms with Crippen LogP contribution in [0, 0.1) is 0 Å². The van der Waals surface area contributed by atoms with Crippen LogP contribution in [0.1, 0.15) is 32.6 Å². The molecule has 3 heteroatoms. The first-order valence-corrected chi connectivity index (χ1v) is 5.16. The van der Waals surface area contributed by atoms with Crippen molar-refractivity contribution >= 4 is 0 Å². The number of nitrogens with one attached hydrogen (secondary N) is 1. The van der Waals surface area contributed by atoms with Crippen LogP contribution in [-0.2, 0) is 4.74 Å². The average molecular weight is 186 g/mol. The zero-order valence-corrected chi connectivity index (χ0v) is 8.81. The molecule has 1 unspecified atom stereocenters. The van der Waals surface area contributed by atoms with E-state index in [4.69, 9.17) is 10.5 Å². The quantitative estimate of drug-likeness (QED) is 0.580. The fourth-order valence-electron chi connectivity index (χ4n) is 1.33. The highest BCUT2D eigenvalue weighted by molar-refractivity contribution is 4.97. The molecule has 13 heavy (non-hydrogen) atoms. The monoisotopic (exact) mass is 186 g/mol. The minimum absolute atomic E-state index is 0.285. The van der Waals surface area contributed by atoms with Gasteiger partial charge in [0.15, 0.2) is 0 Å². The first kappa shape index (κ1) is 11.0. The van der Waals surface area contributed by atoms with Crippen LogP contribution in [0.2, 0.25) is 0 Å². The molecule has 1 atom stereocenters. The molecule has 0 aromatic rings. The largest absolute Gasteiger partial charge is 0.385 e. The van der Waals surface area contributed by atoms with Gasteiger partial charge in [-0.1, -0.05) is 0 Å². The van der Waals surface area contributed by atoms with E-state index in [1.165, 1.54) is 12.8 Å². The lowest BCUT2D eigenvalue weighted by molar-refractivity contribution is 0.190. The van der Waals surface area contributed by atoms with Crippen molar-refractivity contribution in [1.29, 1.82) is 0 Å². The summed E-state index contributed by atoms with van der Waals surface area (Å²) in [7, 11) is 1.73. The maximum Gasteiger partial charge on any atom is 0.0462 e. The second-order valence-electron chi connectivity index (χ2n) is 4.34. The summed E-state index contributed by atoms with van der Waals surface area (Å²) in [5, 5.41) is 3.49. The molecule has 0 radical (unpaired) electrons. The molecule has 1 aliphatic rings. The standard InChI is InChI=1S/C10H22N2O/c1-10(5-6-10)12-8-9(11)4-3-7-13-2/h9,12H,3-8,11H2,1-2H3. The van der Waals surface area contributed by atoms with Crippen LogP contribution in [0.5, 0.6) is 0 Å². The zero-order valence-electron chi connectivity index (χ0n) is 8.81. The summed E-state index contributed by atoms with van der Waals surface area (Å²) in [5.74, 6) is 0. The second kappa shape index (κ2) is 4.94. The summed E-state index contributed by atoms with van der Waals surface area (Å²) in [5.41, 5.74) is 6.35. The molecule has 0 heterocycles. The Hall–Kier alpha value is -0.120. The summed E-state index contributed by atoms with van der Waals surface area (Å²) in [6.45, 7) is 4.03. The summed E-state index contributed by atoms with van der Waals surface area (Å²) in [6.07, 6.45) is 4.72. The van der Waals surface area contributed by atoms with E-state index in [0.29, 0.717) is 5.54 Å². The molecule has 3 N–H and O–H groups in total. The van der Waals surface area contributed by atoms with Crippen LogP contribution < -0.4 is 11.1 Å². The highest BCUT2D eigenvalue weighted by Crippen LogP contribution is 2.33. The van der Waals surface area contributed by atoms with Crippen molar-refractivity contribution in [3.63, 3.8) is 0 Å². The van der Waals surface area contributed by atoms with Crippen molar-refractivity contribution in [1.82, 2.24) is 5.32 Å². The maximum absolute atomic E-state index is 5.93. The third-order valence-electron chi connectivity index (χ3n) is 2.71. The van der Waals surface area contributed by atoms with Crippen LogP contribution in [0.3, 0.4) is 0 Å². The molecule has 0 aromatic heterocycles. The molecular weight excluding hydrogens is 164 g/mol. The average Bonchev–Trinajstić information content (AvgIpc) is 2.82. The SMILES string of the molecule is COCCCC(N)CNC1(C)CC1. The van der Waals surface area contributed by atoms with Crippen molar-refractivity contribution in [2.75, 3.05) is 20.3 Å². The van der Waals surface area contributed by atoms with E-state index in [9.17, 15) is 0 Å². The minimum Gasteiger partial charge on any atom is -0.385 e. The Morgan fingerprint density at radius 3 is 2.77 bits per heavy atom. The van der Waals surface area contributed by atoms with Gasteiger partial charge in [-0.15, -0.1) is 0 Å². The molecule has 0 aromatic carbocycles. The molecule has 1 fully saturated rings. The Bertz CT molecular complexity index is 146. The maximum atomic E-state index is 5.93. The highest BCUT2D eigenvalue weighted by atomic mass is 16.5. The predicted octanol–water partition coefficient (Wildman–Crippen LogP) is 0.882. The fraction of sp³-hybridized carbons (Fsp3) is 1.00. The van der Waals surface area contributed by atoms with E-state index in [2.05, 4.69) is 12.2 Å². The zero-order chi connectivity index (χ0) is 9.73. The van der Waals surface area contributed by atoms with Crippen LogP contribution in [-0.4, -0.2) is 31.8 Å². The van der Waals surface area contributed by atoms with Crippen molar-refractivity contribution in [3.8, 4) is 0 Å². The van der Waals surface area contributed by atoms with E-state index >= 15 is 0 Å². The van der Waals surface area contributed by atoms with Gasteiger partial charge in [0.05, 0.1) is 0 Å². The fourth-order valence-corrected chi connectivity index (χ4v) is 1.33. The number of hydrogen-bond acceptors (Lipinski definition) is 3. The smallest absolute Gasteiger partial charge is 0.0462 e. The molecule has 0 amide bonds. The van der Waals surface area contributed by atoms with Gasteiger partial charge < -0.3 is 15.8 Å². The van der Waals surface area contributed by atoms with Gasteiger partial charge in [0, 0.05) is 31.8 Å². The molecule has 0 saturated heterocycles. The Morgan fingerprint density at radius 2 is 2.23 bits per heavy atom. The minimum atomic E-state index is 0.285. The summed E-state index contributed by atoms with van der Waals surface area (Å²) >= 11 is 0. The van der Waals surface area contributed by atoms with Gasteiger partial charge in [0.2, 0.25) is 0 Å². The van der Waals surface area contributed by atoms with Gasteiger partial charge >= 0.3 is 0 Å². The summed E-state index contributed by atoms with van der Waals surface area (Å²) < 4.78 is 4.97. The predicted molar refractivity (Wildman–Crippen MR) is 54.7 cm³/mol. The molecule has 0 spiro atoms. The van der Waals surface area contributed by atoms with Crippen molar-refractivity contribution in [2.45, 2.75) is 44.2 Å². The van der Waals surface area contributed by atoms with Gasteiger partial charge in [0.1, 0.15) is 0 Å². The van der Waals surface area contributed by atoms with Crippen molar-refractivity contribution in [3.05, 3.63) is 0 Å². The van der Waals surface area contributed by atoms with E-state index in [1.54, 1.807) is 7.11 Å².